The second kappa shape index (κ2) is 5.07. The molecule has 0 aliphatic rings. The van der Waals surface area contributed by atoms with Gasteiger partial charge >= 0.3 is 0 Å². The summed E-state index contributed by atoms with van der Waals surface area (Å²) in [5, 5.41) is 8.97. The van der Waals surface area contributed by atoms with Crippen LogP contribution < -0.4 is 0 Å². The van der Waals surface area contributed by atoms with Gasteiger partial charge in [-0.1, -0.05) is 13.8 Å². The monoisotopic (exact) mass is 150 g/mol. The second-order valence-electron chi connectivity index (χ2n) is 2.78. The van der Waals surface area contributed by atoms with Crippen LogP contribution in [-0.2, 0) is 0 Å². The Bertz CT molecular complexity index is 63.9. The maximum Gasteiger partial charge on any atom is 0.0675 e. The van der Waals surface area contributed by atoms with E-state index in [-0.39, 0.29) is 6.10 Å². The van der Waals surface area contributed by atoms with E-state index in [2.05, 4.69) is 13.8 Å². The highest BCUT2D eigenvalue weighted by atomic mass is 35.5. The molecule has 0 fully saturated rings. The van der Waals surface area contributed by atoms with Crippen LogP contribution in [0.5, 0.6) is 0 Å². The first-order chi connectivity index (χ1) is 4.16. The quantitative estimate of drug-likeness (QED) is 0.608. The van der Waals surface area contributed by atoms with Crippen molar-refractivity contribution in [1.82, 2.24) is 0 Å². The molecule has 0 unspecified atom stereocenters. The summed E-state index contributed by atoms with van der Waals surface area (Å²) in [4.78, 5) is 0. The van der Waals surface area contributed by atoms with Crippen LogP contribution in [0.4, 0.5) is 0 Å². The molecule has 0 rings (SSSR count). The van der Waals surface area contributed by atoms with Crippen LogP contribution in [0, 0.1) is 5.92 Å². The summed E-state index contributed by atoms with van der Waals surface area (Å²) in [6.45, 7) is 4.28. The topological polar surface area (TPSA) is 20.2 Å². The molecule has 0 saturated heterocycles. The van der Waals surface area contributed by atoms with E-state index < -0.39 is 0 Å². The van der Waals surface area contributed by atoms with Crippen molar-refractivity contribution >= 4 is 11.6 Å². The van der Waals surface area contributed by atoms with Crippen molar-refractivity contribution in [1.29, 1.82) is 0 Å². The molecule has 0 aliphatic carbocycles. The first-order valence-electron chi connectivity index (χ1n) is 3.40. The normalized spacial score (nSPS) is 14.3. The molecule has 0 spiro atoms. The zero-order valence-electron chi connectivity index (χ0n) is 6.10. The highest BCUT2D eigenvalue weighted by Gasteiger charge is 2.02. The van der Waals surface area contributed by atoms with Crippen molar-refractivity contribution in [2.75, 3.05) is 5.88 Å². The molecular formula is C7H15ClO. The summed E-state index contributed by atoms with van der Waals surface area (Å²) in [6, 6.07) is 0. The molecule has 0 aromatic carbocycles. The van der Waals surface area contributed by atoms with E-state index in [9.17, 15) is 0 Å². The van der Waals surface area contributed by atoms with Gasteiger partial charge in [0.1, 0.15) is 0 Å². The van der Waals surface area contributed by atoms with Crippen molar-refractivity contribution in [2.45, 2.75) is 32.8 Å². The van der Waals surface area contributed by atoms with Crippen molar-refractivity contribution < 1.29 is 5.11 Å². The van der Waals surface area contributed by atoms with Crippen molar-refractivity contribution in [3.8, 4) is 0 Å². The summed E-state index contributed by atoms with van der Waals surface area (Å²) < 4.78 is 0. The van der Waals surface area contributed by atoms with Gasteiger partial charge in [0.15, 0.2) is 0 Å². The maximum absolute atomic E-state index is 8.97. The molecule has 0 heterocycles. The van der Waals surface area contributed by atoms with Crippen molar-refractivity contribution in [3.63, 3.8) is 0 Å². The average Bonchev–Trinajstić information content (AvgIpc) is 1.83. The van der Waals surface area contributed by atoms with Crippen molar-refractivity contribution in [3.05, 3.63) is 0 Å². The molecule has 1 atom stereocenters. The Morgan fingerprint density at radius 1 is 1.33 bits per heavy atom. The predicted octanol–water partition coefficient (Wildman–Crippen LogP) is 2.02. The zero-order valence-corrected chi connectivity index (χ0v) is 6.86. The molecule has 0 bridgehead atoms. The third-order valence-corrected chi connectivity index (χ3v) is 1.61. The first kappa shape index (κ1) is 9.25. The lowest BCUT2D eigenvalue weighted by Crippen LogP contribution is -2.08. The van der Waals surface area contributed by atoms with E-state index in [4.69, 9.17) is 16.7 Å². The summed E-state index contributed by atoms with van der Waals surface area (Å²) in [6.07, 6.45) is 1.60. The lowest BCUT2D eigenvalue weighted by molar-refractivity contribution is 0.179. The Balaban J connectivity index is 3.06. The Labute approximate surface area is 62.0 Å². The van der Waals surface area contributed by atoms with Gasteiger partial charge in [0.2, 0.25) is 0 Å². The second-order valence-corrected chi connectivity index (χ2v) is 3.09. The van der Waals surface area contributed by atoms with Gasteiger partial charge in [0.05, 0.1) is 6.10 Å². The van der Waals surface area contributed by atoms with E-state index in [1.54, 1.807) is 0 Å². The van der Waals surface area contributed by atoms with E-state index in [0.29, 0.717) is 11.8 Å². The fourth-order valence-corrected chi connectivity index (χ4v) is 0.757. The highest BCUT2D eigenvalue weighted by Crippen LogP contribution is 2.06. The molecule has 0 aromatic rings. The number of halogens is 1. The fourth-order valence-electron chi connectivity index (χ4n) is 0.603. The van der Waals surface area contributed by atoms with Gasteiger partial charge in [0.25, 0.3) is 0 Å². The number of alkyl halides is 1. The minimum absolute atomic E-state index is 0.297. The third kappa shape index (κ3) is 6.13. The Hall–Kier alpha value is 0.250. The first-order valence-corrected chi connectivity index (χ1v) is 3.94. The molecule has 56 valence electrons. The van der Waals surface area contributed by atoms with Crippen LogP contribution in [0.2, 0.25) is 0 Å². The summed E-state index contributed by atoms with van der Waals surface area (Å²) in [7, 11) is 0. The molecule has 1 N–H and O–H groups in total. The fraction of sp³-hybridized carbons (Fsp3) is 1.00. The van der Waals surface area contributed by atoms with Gasteiger partial charge in [-0.05, 0) is 18.8 Å². The lowest BCUT2D eigenvalue weighted by Gasteiger charge is -2.07. The van der Waals surface area contributed by atoms with Crippen LogP contribution in [0.1, 0.15) is 26.7 Å². The Kier molecular flexibility index (Phi) is 5.21. The average molecular weight is 151 g/mol. The van der Waals surface area contributed by atoms with E-state index in [0.717, 1.165) is 12.8 Å². The number of hydrogen-bond donors (Lipinski definition) is 1. The van der Waals surface area contributed by atoms with Crippen molar-refractivity contribution in [2.24, 2.45) is 5.92 Å². The zero-order chi connectivity index (χ0) is 7.28. The van der Waals surface area contributed by atoms with Gasteiger partial charge in [0, 0.05) is 5.88 Å². The minimum atomic E-state index is -0.297. The number of rotatable bonds is 4. The Morgan fingerprint density at radius 2 is 1.89 bits per heavy atom. The summed E-state index contributed by atoms with van der Waals surface area (Å²) in [5.41, 5.74) is 0. The summed E-state index contributed by atoms with van der Waals surface area (Å²) >= 11 is 5.39. The van der Waals surface area contributed by atoms with Crippen LogP contribution in [0.3, 0.4) is 0 Å². The molecule has 0 aromatic heterocycles. The minimum Gasteiger partial charge on any atom is -0.392 e. The van der Waals surface area contributed by atoms with Gasteiger partial charge < -0.3 is 5.11 Å². The standard InChI is InChI=1S/C7H15ClO/c1-6(2)3-4-7(9)5-8/h6-7,9H,3-5H2,1-2H3/t7-/m1/s1. The van der Waals surface area contributed by atoms with Crippen LogP contribution >= 0.6 is 11.6 Å². The van der Waals surface area contributed by atoms with E-state index in [1.165, 1.54) is 0 Å². The maximum atomic E-state index is 8.97. The molecule has 1 nitrogen and oxygen atoms in total. The SMILES string of the molecule is CC(C)CC[C@@H](O)CCl. The Morgan fingerprint density at radius 3 is 2.22 bits per heavy atom. The molecule has 0 radical (unpaired) electrons. The van der Waals surface area contributed by atoms with Crippen LogP contribution in [0.25, 0.3) is 0 Å². The molecule has 0 saturated carbocycles. The largest absolute Gasteiger partial charge is 0.392 e. The van der Waals surface area contributed by atoms with Crippen LogP contribution in [0.15, 0.2) is 0 Å². The third-order valence-electron chi connectivity index (χ3n) is 1.26. The number of aliphatic hydroxyl groups is 1. The van der Waals surface area contributed by atoms with E-state index in [1.807, 2.05) is 0 Å². The molecule has 2 heteroatoms. The lowest BCUT2D eigenvalue weighted by atomic mass is 10.1. The molecule has 0 aliphatic heterocycles. The van der Waals surface area contributed by atoms with Gasteiger partial charge in [-0.3, -0.25) is 0 Å². The smallest absolute Gasteiger partial charge is 0.0675 e. The molecular weight excluding hydrogens is 136 g/mol. The van der Waals surface area contributed by atoms with Gasteiger partial charge in [-0.2, -0.15) is 0 Å². The summed E-state index contributed by atoms with van der Waals surface area (Å²) in [5.74, 6) is 1.04. The van der Waals surface area contributed by atoms with Gasteiger partial charge in [-0.15, -0.1) is 11.6 Å². The number of aliphatic hydroxyl groups excluding tert-OH is 1. The van der Waals surface area contributed by atoms with E-state index >= 15 is 0 Å². The predicted molar refractivity (Wildman–Crippen MR) is 40.8 cm³/mol. The number of hydrogen-bond acceptors (Lipinski definition) is 1. The van der Waals surface area contributed by atoms with Gasteiger partial charge in [-0.25, -0.2) is 0 Å². The van der Waals surface area contributed by atoms with Crippen LogP contribution in [-0.4, -0.2) is 17.1 Å². The highest BCUT2D eigenvalue weighted by molar-refractivity contribution is 6.18. The molecule has 9 heavy (non-hydrogen) atoms. The molecule has 0 amide bonds.